The summed E-state index contributed by atoms with van der Waals surface area (Å²) in [5.74, 6) is -0.990. The highest BCUT2D eigenvalue weighted by Gasteiger charge is 2.40. The van der Waals surface area contributed by atoms with Crippen molar-refractivity contribution in [2.75, 3.05) is 18.4 Å². The maximum absolute atomic E-state index is 12.8. The van der Waals surface area contributed by atoms with Gasteiger partial charge in [-0.15, -0.1) is 6.58 Å². The molecule has 0 saturated carbocycles. The van der Waals surface area contributed by atoms with Crippen molar-refractivity contribution >= 4 is 23.4 Å². The molecule has 2 atom stereocenters. The molecule has 8 nitrogen and oxygen atoms in total. The number of likely N-dealkylation sites (tertiary alicyclic amines) is 1. The summed E-state index contributed by atoms with van der Waals surface area (Å²) in [6.07, 6.45) is 1.78. The molecule has 8 heteroatoms. The van der Waals surface area contributed by atoms with E-state index in [9.17, 15) is 19.7 Å². The maximum atomic E-state index is 12.8. The molecule has 146 valence electrons. The normalized spacial score (nSPS) is 19.4. The minimum absolute atomic E-state index is 0.127. The zero-order chi connectivity index (χ0) is 20.2. The van der Waals surface area contributed by atoms with Gasteiger partial charge in [0, 0.05) is 19.2 Å². The zero-order valence-corrected chi connectivity index (χ0v) is 15.8. The molecular formula is C19H25N3O5. The number of carbonyl (C=O) groups excluding carboxylic acids is 2. The van der Waals surface area contributed by atoms with Gasteiger partial charge in [0.05, 0.1) is 10.8 Å². The third-order valence-corrected chi connectivity index (χ3v) is 4.26. The molecular weight excluding hydrogens is 350 g/mol. The molecule has 1 aromatic rings. The fourth-order valence-electron chi connectivity index (χ4n) is 3.06. The smallest absolute Gasteiger partial charge is 0.410 e. The highest BCUT2D eigenvalue weighted by atomic mass is 16.6. The van der Waals surface area contributed by atoms with Gasteiger partial charge in [-0.25, -0.2) is 4.79 Å². The summed E-state index contributed by atoms with van der Waals surface area (Å²) in [5.41, 5.74) is -0.663. The lowest BCUT2D eigenvalue weighted by Gasteiger charge is -2.24. The van der Waals surface area contributed by atoms with Crippen molar-refractivity contribution in [1.29, 1.82) is 0 Å². The van der Waals surface area contributed by atoms with Crippen LogP contribution in [-0.2, 0) is 9.53 Å². The Morgan fingerprint density at radius 2 is 2.04 bits per heavy atom. The third-order valence-electron chi connectivity index (χ3n) is 4.26. The molecule has 1 aliphatic heterocycles. The summed E-state index contributed by atoms with van der Waals surface area (Å²) in [4.78, 5) is 37.2. The number of hydrogen-bond acceptors (Lipinski definition) is 5. The molecule has 1 fully saturated rings. The number of benzene rings is 1. The highest BCUT2D eigenvalue weighted by molar-refractivity contribution is 5.95. The molecule has 0 aliphatic carbocycles. The number of nitrogens with one attached hydrogen (secondary N) is 1. The average Bonchev–Trinajstić information content (AvgIpc) is 2.98. The van der Waals surface area contributed by atoms with Crippen LogP contribution in [0, 0.1) is 22.0 Å². The van der Waals surface area contributed by atoms with E-state index in [0.717, 1.165) is 0 Å². The number of nitrogens with zero attached hydrogens (tertiary/aromatic N) is 2. The van der Waals surface area contributed by atoms with Crippen molar-refractivity contribution in [1.82, 2.24) is 4.90 Å². The highest BCUT2D eigenvalue weighted by Crippen LogP contribution is 2.31. The molecule has 1 aliphatic rings. The number of ether oxygens (including phenoxy) is 1. The minimum Gasteiger partial charge on any atom is -0.444 e. The molecule has 1 N–H and O–H groups in total. The summed E-state index contributed by atoms with van der Waals surface area (Å²) < 4.78 is 5.39. The third kappa shape index (κ3) is 5.29. The number of anilines is 1. The van der Waals surface area contributed by atoms with E-state index in [-0.39, 0.29) is 29.7 Å². The van der Waals surface area contributed by atoms with Crippen LogP contribution in [0.1, 0.15) is 27.2 Å². The molecule has 2 unspecified atom stereocenters. The van der Waals surface area contributed by atoms with Crippen LogP contribution < -0.4 is 5.32 Å². The fourth-order valence-corrected chi connectivity index (χ4v) is 3.06. The summed E-state index contributed by atoms with van der Waals surface area (Å²) in [5, 5.41) is 13.8. The van der Waals surface area contributed by atoms with Crippen LogP contribution in [0.3, 0.4) is 0 Å². The number of hydrogen-bond donors (Lipinski definition) is 1. The van der Waals surface area contributed by atoms with E-state index in [4.69, 9.17) is 4.74 Å². The van der Waals surface area contributed by atoms with Crippen LogP contribution in [-0.4, -0.2) is 40.5 Å². The second-order valence-corrected chi connectivity index (χ2v) is 7.54. The summed E-state index contributed by atoms with van der Waals surface area (Å²) in [7, 11) is 0. The Morgan fingerprint density at radius 3 is 2.63 bits per heavy atom. The SMILES string of the molecule is C=CCC1CN(C(=O)OC(C)(C)C)CC1C(=O)Nc1ccccc1[N+](=O)[O-]. The van der Waals surface area contributed by atoms with E-state index in [2.05, 4.69) is 11.9 Å². The van der Waals surface area contributed by atoms with Crippen LogP contribution >= 0.6 is 0 Å². The van der Waals surface area contributed by atoms with Gasteiger partial charge in [-0.3, -0.25) is 14.9 Å². The predicted octanol–water partition coefficient (Wildman–Crippen LogP) is 3.59. The van der Waals surface area contributed by atoms with Crippen molar-refractivity contribution in [2.24, 2.45) is 11.8 Å². The van der Waals surface area contributed by atoms with Crippen molar-refractivity contribution in [2.45, 2.75) is 32.8 Å². The van der Waals surface area contributed by atoms with E-state index in [1.165, 1.54) is 23.1 Å². The number of carbonyl (C=O) groups is 2. The minimum atomic E-state index is -0.629. The van der Waals surface area contributed by atoms with Crippen LogP contribution in [0.15, 0.2) is 36.9 Å². The zero-order valence-electron chi connectivity index (χ0n) is 15.8. The monoisotopic (exact) mass is 375 g/mol. The molecule has 1 saturated heterocycles. The summed E-state index contributed by atoms with van der Waals surface area (Å²) in [6.45, 7) is 9.61. The average molecular weight is 375 g/mol. The summed E-state index contributed by atoms with van der Waals surface area (Å²) >= 11 is 0. The van der Waals surface area contributed by atoms with Gasteiger partial charge < -0.3 is 15.0 Å². The van der Waals surface area contributed by atoms with Crippen LogP contribution in [0.2, 0.25) is 0 Å². The number of allylic oxidation sites excluding steroid dienone is 1. The Hall–Kier alpha value is -2.90. The van der Waals surface area contributed by atoms with Crippen molar-refractivity contribution in [3.8, 4) is 0 Å². The number of nitro benzene ring substituents is 1. The first kappa shape index (κ1) is 20.4. The Kier molecular flexibility index (Phi) is 6.20. The first-order valence-corrected chi connectivity index (χ1v) is 8.75. The fraction of sp³-hybridized carbons (Fsp3) is 0.474. The first-order valence-electron chi connectivity index (χ1n) is 8.75. The Labute approximate surface area is 158 Å². The lowest BCUT2D eigenvalue weighted by molar-refractivity contribution is -0.383. The van der Waals surface area contributed by atoms with E-state index in [1.807, 2.05) is 0 Å². The van der Waals surface area contributed by atoms with E-state index in [0.29, 0.717) is 13.0 Å². The molecule has 2 amide bonds. The molecule has 0 aromatic heterocycles. The molecule has 2 rings (SSSR count). The Balaban J connectivity index is 2.15. The second kappa shape index (κ2) is 8.20. The van der Waals surface area contributed by atoms with Crippen LogP contribution in [0.5, 0.6) is 0 Å². The molecule has 27 heavy (non-hydrogen) atoms. The quantitative estimate of drug-likeness (QED) is 0.481. The molecule has 1 aromatic carbocycles. The van der Waals surface area contributed by atoms with Crippen molar-refractivity contribution in [3.63, 3.8) is 0 Å². The van der Waals surface area contributed by atoms with Gasteiger partial charge in [-0.1, -0.05) is 18.2 Å². The van der Waals surface area contributed by atoms with Crippen LogP contribution in [0.25, 0.3) is 0 Å². The Morgan fingerprint density at radius 1 is 1.37 bits per heavy atom. The van der Waals surface area contributed by atoms with Gasteiger partial charge in [-0.05, 0) is 39.2 Å². The lowest BCUT2D eigenvalue weighted by Crippen LogP contribution is -2.36. The predicted molar refractivity (Wildman–Crippen MR) is 101 cm³/mol. The molecule has 0 radical (unpaired) electrons. The largest absolute Gasteiger partial charge is 0.444 e. The topological polar surface area (TPSA) is 102 Å². The van der Waals surface area contributed by atoms with Crippen molar-refractivity contribution < 1.29 is 19.2 Å². The van der Waals surface area contributed by atoms with Gasteiger partial charge in [0.1, 0.15) is 11.3 Å². The molecule has 0 bridgehead atoms. The van der Waals surface area contributed by atoms with E-state index < -0.39 is 22.5 Å². The van der Waals surface area contributed by atoms with E-state index >= 15 is 0 Å². The molecule has 1 heterocycles. The van der Waals surface area contributed by atoms with Gasteiger partial charge >= 0.3 is 6.09 Å². The Bertz CT molecular complexity index is 741. The number of amides is 2. The number of rotatable bonds is 5. The lowest BCUT2D eigenvalue weighted by atomic mass is 9.92. The van der Waals surface area contributed by atoms with Gasteiger partial charge in [0.15, 0.2) is 0 Å². The van der Waals surface area contributed by atoms with E-state index in [1.54, 1.807) is 32.9 Å². The van der Waals surface area contributed by atoms with Gasteiger partial charge in [0.2, 0.25) is 5.91 Å². The molecule has 0 spiro atoms. The number of para-hydroxylation sites is 2. The van der Waals surface area contributed by atoms with Crippen molar-refractivity contribution in [3.05, 3.63) is 47.0 Å². The summed E-state index contributed by atoms with van der Waals surface area (Å²) in [6, 6.07) is 5.97. The first-order chi connectivity index (χ1) is 12.6. The second-order valence-electron chi connectivity index (χ2n) is 7.54. The number of nitro groups is 1. The standard InChI is InChI=1S/C19H25N3O5/c1-5-8-13-11-21(18(24)27-19(2,3)4)12-14(13)17(23)20-15-9-6-7-10-16(15)22(25)26/h5-7,9-10,13-14H,1,8,11-12H2,2-4H3,(H,20,23). The van der Waals surface area contributed by atoms with Gasteiger partial charge in [0.25, 0.3) is 5.69 Å². The van der Waals surface area contributed by atoms with Gasteiger partial charge in [-0.2, -0.15) is 0 Å². The maximum Gasteiger partial charge on any atom is 0.410 e. The van der Waals surface area contributed by atoms with Crippen LogP contribution in [0.4, 0.5) is 16.2 Å².